The van der Waals surface area contributed by atoms with Gasteiger partial charge in [0.2, 0.25) is 5.82 Å². The minimum atomic E-state index is -4.57. The molecule has 5 aromatic rings. The summed E-state index contributed by atoms with van der Waals surface area (Å²) in [6.45, 7) is 1.56. The SMILES string of the molecule is Cc1nc2ccc(CC(=O)COc3ccc(OCC(=O)Cc4ccc5nc(C(F)(F)F)[nH]c5c4)cc3)cc2[nH]1. The number of nitrogens with zero attached hydrogens (tertiary/aromatic N) is 2. The van der Waals surface area contributed by atoms with E-state index in [-0.39, 0.29) is 48.7 Å². The summed E-state index contributed by atoms with van der Waals surface area (Å²) < 4.78 is 49.6. The number of carbonyl (C=O) groups is 2. The zero-order valence-corrected chi connectivity index (χ0v) is 20.8. The van der Waals surface area contributed by atoms with E-state index in [0.717, 1.165) is 22.4 Å². The number of halogens is 3. The zero-order valence-electron chi connectivity index (χ0n) is 20.8. The van der Waals surface area contributed by atoms with E-state index in [1.54, 1.807) is 30.3 Å². The van der Waals surface area contributed by atoms with E-state index in [2.05, 4.69) is 19.9 Å². The fourth-order valence-corrected chi connectivity index (χ4v) is 4.11. The average molecular weight is 537 g/mol. The Balaban J connectivity index is 1.08. The molecule has 2 heterocycles. The van der Waals surface area contributed by atoms with Crippen LogP contribution in [-0.4, -0.2) is 44.7 Å². The van der Waals surface area contributed by atoms with E-state index in [1.165, 1.54) is 12.1 Å². The minimum Gasteiger partial charge on any atom is -0.486 e. The molecule has 0 aliphatic rings. The highest BCUT2D eigenvalue weighted by molar-refractivity contribution is 5.85. The Morgan fingerprint density at radius 1 is 0.744 bits per heavy atom. The van der Waals surface area contributed by atoms with E-state index < -0.39 is 12.0 Å². The number of fused-ring (bicyclic) bond motifs is 2. The summed E-state index contributed by atoms with van der Waals surface area (Å²) in [7, 11) is 0. The molecule has 0 aliphatic heterocycles. The standard InChI is InChI=1S/C28H23F3N4O4/c1-16-32-23-8-2-17(12-25(23)33-16)10-19(36)14-38-21-4-6-22(7-5-21)39-15-20(37)11-18-3-9-24-26(13-18)35-27(34-24)28(29,30)31/h2-9,12-13H,10-11,14-15H2,1H3,(H,32,33)(H,34,35). The molecule has 0 saturated carbocycles. The molecule has 0 spiro atoms. The second-order valence-electron chi connectivity index (χ2n) is 9.09. The Morgan fingerprint density at radius 2 is 1.23 bits per heavy atom. The number of ether oxygens (including phenoxy) is 2. The van der Waals surface area contributed by atoms with E-state index >= 15 is 0 Å². The van der Waals surface area contributed by atoms with Gasteiger partial charge in [0, 0.05) is 12.8 Å². The van der Waals surface area contributed by atoms with Gasteiger partial charge in [0.25, 0.3) is 0 Å². The molecule has 0 bridgehead atoms. The Morgan fingerprint density at radius 3 is 1.74 bits per heavy atom. The summed E-state index contributed by atoms with van der Waals surface area (Å²) in [4.78, 5) is 38.0. The molecule has 11 heteroatoms. The number of ketones is 2. The molecule has 8 nitrogen and oxygen atoms in total. The number of hydrogen-bond acceptors (Lipinski definition) is 6. The number of hydrogen-bond donors (Lipinski definition) is 2. The molecule has 0 radical (unpaired) electrons. The number of H-pyrrole nitrogens is 2. The fraction of sp³-hybridized carbons (Fsp3) is 0.214. The van der Waals surface area contributed by atoms with Gasteiger partial charge in [-0.15, -0.1) is 0 Å². The lowest BCUT2D eigenvalue weighted by molar-refractivity contribution is -0.144. The maximum atomic E-state index is 12.8. The lowest BCUT2D eigenvalue weighted by atomic mass is 10.1. The number of carbonyl (C=O) groups excluding carboxylic acids is 2. The first-order valence-corrected chi connectivity index (χ1v) is 12.0. The van der Waals surface area contributed by atoms with Crippen LogP contribution >= 0.6 is 0 Å². The molecule has 0 unspecified atom stereocenters. The first-order valence-electron chi connectivity index (χ1n) is 12.0. The summed E-state index contributed by atoms with van der Waals surface area (Å²) in [5, 5.41) is 0. The third kappa shape index (κ3) is 6.43. The molecule has 5 rings (SSSR count). The van der Waals surface area contributed by atoms with Crippen molar-refractivity contribution in [1.29, 1.82) is 0 Å². The molecule has 0 atom stereocenters. The van der Waals surface area contributed by atoms with E-state index in [0.29, 0.717) is 17.1 Å². The van der Waals surface area contributed by atoms with Crippen molar-refractivity contribution >= 4 is 33.6 Å². The summed E-state index contributed by atoms with van der Waals surface area (Å²) in [5.74, 6) is 0.311. The molecule has 3 aromatic carbocycles. The number of aromatic amines is 2. The van der Waals surface area contributed by atoms with Crippen molar-refractivity contribution in [3.8, 4) is 11.5 Å². The first-order chi connectivity index (χ1) is 18.6. The smallest absolute Gasteiger partial charge is 0.449 e. The van der Waals surface area contributed by atoms with Crippen LogP contribution in [0, 0.1) is 6.92 Å². The number of benzene rings is 3. The van der Waals surface area contributed by atoms with Crippen molar-refractivity contribution < 1.29 is 32.2 Å². The van der Waals surface area contributed by atoms with Crippen LogP contribution in [0.5, 0.6) is 11.5 Å². The van der Waals surface area contributed by atoms with Crippen molar-refractivity contribution in [2.75, 3.05) is 13.2 Å². The number of aromatic nitrogens is 4. The molecule has 2 aromatic heterocycles. The molecule has 2 N–H and O–H groups in total. The van der Waals surface area contributed by atoms with Crippen LogP contribution in [0.3, 0.4) is 0 Å². The summed E-state index contributed by atoms with van der Waals surface area (Å²) in [6, 6.07) is 16.6. The number of rotatable bonds is 10. The van der Waals surface area contributed by atoms with Crippen molar-refractivity contribution in [3.63, 3.8) is 0 Å². The minimum absolute atomic E-state index is 0.00741. The largest absolute Gasteiger partial charge is 0.486 e. The third-order valence-electron chi connectivity index (χ3n) is 5.91. The topological polar surface area (TPSA) is 110 Å². The average Bonchev–Trinajstić information content (AvgIpc) is 3.49. The second kappa shape index (κ2) is 10.6. The lowest BCUT2D eigenvalue weighted by Gasteiger charge is -2.08. The van der Waals surface area contributed by atoms with Crippen molar-refractivity contribution in [3.05, 3.63) is 83.4 Å². The zero-order chi connectivity index (χ0) is 27.6. The van der Waals surface area contributed by atoms with Crippen LogP contribution in [0.1, 0.15) is 22.8 Å². The predicted molar refractivity (Wildman–Crippen MR) is 137 cm³/mol. The maximum Gasteiger partial charge on any atom is 0.449 e. The molecule has 0 aliphatic carbocycles. The molecular weight excluding hydrogens is 513 g/mol. The normalized spacial score (nSPS) is 11.7. The van der Waals surface area contributed by atoms with Gasteiger partial charge in [-0.2, -0.15) is 13.2 Å². The summed E-state index contributed by atoms with van der Waals surface area (Å²) >= 11 is 0. The van der Waals surface area contributed by atoms with Crippen LogP contribution in [0.25, 0.3) is 22.1 Å². The van der Waals surface area contributed by atoms with Crippen molar-refractivity contribution in [2.24, 2.45) is 0 Å². The van der Waals surface area contributed by atoms with Crippen LogP contribution in [0.4, 0.5) is 13.2 Å². The van der Waals surface area contributed by atoms with Gasteiger partial charge in [-0.3, -0.25) is 9.59 Å². The van der Waals surface area contributed by atoms with Gasteiger partial charge in [0.05, 0.1) is 22.1 Å². The highest BCUT2D eigenvalue weighted by Crippen LogP contribution is 2.29. The predicted octanol–water partition coefficient (Wildman–Crippen LogP) is 5.15. The number of nitrogens with one attached hydrogen (secondary N) is 2. The number of imidazole rings is 2. The Hall–Kier alpha value is -4.67. The highest BCUT2D eigenvalue weighted by atomic mass is 19.4. The molecular formula is C28H23F3N4O4. The Labute approximate surface area is 220 Å². The van der Waals surface area contributed by atoms with Gasteiger partial charge < -0.3 is 19.4 Å². The molecule has 0 amide bonds. The van der Waals surface area contributed by atoms with Crippen LogP contribution in [-0.2, 0) is 28.6 Å². The second-order valence-corrected chi connectivity index (χ2v) is 9.09. The van der Waals surface area contributed by atoms with Gasteiger partial charge in [-0.25, -0.2) is 9.97 Å². The van der Waals surface area contributed by atoms with Gasteiger partial charge in [-0.05, 0) is 66.6 Å². The van der Waals surface area contributed by atoms with Gasteiger partial charge in [0.1, 0.15) is 30.5 Å². The molecule has 0 saturated heterocycles. The number of alkyl halides is 3. The number of Topliss-reactive ketones (excluding diaryl/α,β-unsaturated/α-hetero) is 2. The molecule has 39 heavy (non-hydrogen) atoms. The Bertz CT molecular complexity index is 1660. The first kappa shape index (κ1) is 26.0. The van der Waals surface area contributed by atoms with Gasteiger partial charge >= 0.3 is 6.18 Å². The third-order valence-corrected chi connectivity index (χ3v) is 5.91. The lowest BCUT2D eigenvalue weighted by Crippen LogP contribution is -2.14. The van der Waals surface area contributed by atoms with E-state index in [4.69, 9.17) is 9.47 Å². The molecule has 200 valence electrons. The van der Waals surface area contributed by atoms with Gasteiger partial charge in [-0.1, -0.05) is 12.1 Å². The fourth-order valence-electron chi connectivity index (χ4n) is 4.11. The van der Waals surface area contributed by atoms with Crippen LogP contribution in [0.2, 0.25) is 0 Å². The van der Waals surface area contributed by atoms with Crippen LogP contribution < -0.4 is 9.47 Å². The Kier molecular flexibility index (Phi) is 7.05. The van der Waals surface area contributed by atoms with Gasteiger partial charge in [0.15, 0.2) is 11.6 Å². The van der Waals surface area contributed by atoms with Crippen LogP contribution in [0.15, 0.2) is 60.7 Å². The monoisotopic (exact) mass is 536 g/mol. The maximum absolute atomic E-state index is 12.8. The summed E-state index contributed by atoms with van der Waals surface area (Å²) in [5.41, 5.74) is 3.51. The summed E-state index contributed by atoms with van der Waals surface area (Å²) in [6.07, 6.45) is -4.35. The molecule has 0 fully saturated rings. The van der Waals surface area contributed by atoms with E-state index in [9.17, 15) is 22.8 Å². The number of aryl methyl sites for hydroxylation is 1. The van der Waals surface area contributed by atoms with E-state index in [1.807, 2.05) is 25.1 Å². The highest BCUT2D eigenvalue weighted by Gasteiger charge is 2.34. The van der Waals surface area contributed by atoms with Crippen molar-refractivity contribution in [2.45, 2.75) is 25.9 Å². The quantitative estimate of drug-likeness (QED) is 0.256. The van der Waals surface area contributed by atoms with Crippen molar-refractivity contribution in [1.82, 2.24) is 19.9 Å².